The van der Waals surface area contributed by atoms with Gasteiger partial charge in [-0.1, -0.05) is 94.8 Å². The number of carbonyl (C=O) groups excluding carboxylic acids is 5. The number of carbonyl (C=O) groups is 5. The number of benzene rings is 4. The zero-order chi connectivity index (χ0) is 42.9. The Morgan fingerprint density at radius 1 is 0.831 bits per heavy atom. The van der Waals surface area contributed by atoms with Crippen LogP contribution in [0, 0.1) is 22.0 Å². The number of amides is 4. The molecule has 0 fully saturated rings. The van der Waals surface area contributed by atoms with Gasteiger partial charge in [0.25, 0.3) is 5.69 Å². The van der Waals surface area contributed by atoms with Crippen molar-refractivity contribution in [2.75, 3.05) is 18.5 Å². The van der Waals surface area contributed by atoms with E-state index in [0.29, 0.717) is 17.7 Å². The lowest BCUT2D eigenvalue weighted by Gasteiger charge is -2.24. The van der Waals surface area contributed by atoms with Crippen LogP contribution in [0.1, 0.15) is 76.0 Å². The zero-order valence-electron chi connectivity index (χ0n) is 33.6. The molecule has 4 amide bonds. The molecule has 59 heavy (non-hydrogen) atoms. The van der Waals surface area contributed by atoms with E-state index in [2.05, 4.69) is 29.8 Å². The van der Waals surface area contributed by atoms with E-state index in [1.807, 2.05) is 48.5 Å². The Morgan fingerprint density at radius 3 is 1.98 bits per heavy atom. The number of rotatable bonds is 17. The predicted molar refractivity (Wildman–Crippen MR) is 222 cm³/mol. The van der Waals surface area contributed by atoms with Gasteiger partial charge in [-0.25, -0.2) is 14.4 Å². The van der Waals surface area contributed by atoms with E-state index in [1.165, 1.54) is 30.7 Å². The minimum Gasteiger partial charge on any atom is -0.449 e. The lowest BCUT2D eigenvalue weighted by Crippen LogP contribution is -2.46. The number of nitrogens with two attached hydrogens (primary N) is 1. The van der Waals surface area contributed by atoms with Crippen molar-refractivity contribution in [3.05, 3.63) is 124 Å². The number of Topliss-reactive ketones (excluding diaryl/α,β-unsaturated/α-hetero) is 1. The van der Waals surface area contributed by atoms with Crippen molar-refractivity contribution in [3.8, 4) is 16.9 Å². The lowest BCUT2D eigenvalue weighted by molar-refractivity contribution is -0.384. The van der Waals surface area contributed by atoms with E-state index >= 15 is 0 Å². The minimum atomic E-state index is -1.01. The molecular formula is C44H51N5O10. The van der Waals surface area contributed by atoms with Gasteiger partial charge in [-0.05, 0) is 70.8 Å². The molecule has 0 saturated heterocycles. The third kappa shape index (κ3) is 13.4. The molecule has 4 aromatic carbocycles. The van der Waals surface area contributed by atoms with Crippen LogP contribution in [-0.2, 0) is 25.7 Å². The summed E-state index contributed by atoms with van der Waals surface area (Å²) in [7, 11) is 0. The maximum Gasteiger partial charge on any atom is 0.514 e. The Morgan fingerprint density at radius 2 is 1.42 bits per heavy atom. The van der Waals surface area contributed by atoms with Crippen LogP contribution in [0.15, 0.2) is 97.1 Å². The highest BCUT2D eigenvalue weighted by molar-refractivity contribution is 5.97. The van der Waals surface area contributed by atoms with Crippen LogP contribution in [0.5, 0.6) is 5.75 Å². The average Bonchev–Trinajstić information content (AvgIpc) is 3.53. The van der Waals surface area contributed by atoms with Gasteiger partial charge in [-0.2, -0.15) is 0 Å². The van der Waals surface area contributed by atoms with E-state index in [4.69, 9.17) is 19.9 Å². The Hall–Kier alpha value is -6.77. The van der Waals surface area contributed by atoms with Gasteiger partial charge in [-0.3, -0.25) is 19.7 Å². The number of primary amides is 1. The molecule has 0 spiro atoms. The average molecular weight is 810 g/mol. The second-order valence-corrected chi connectivity index (χ2v) is 14.3. The van der Waals surface area contributed by atoms with Crippen molar-refractivity contribution in [1.29, 1.82) is 0 Å². The molecule has 1 aliphatic carbocycles. The first-order chi connectivity index (χ1) is 28.3. The summed E-state index contributed by atoms with van der Waals surface area (Å²) in [6.45, 7) is 7.95. The van der Waals surface area contributed by atoms with E-state index in [9.17, 15) is 34.1 Å². The SMILES string of the molecule is CC(C)[C@H](NC(=O)OCC1c2ccccc2-c2ccccc21)C(=O)C[C@@H](CCCNC(N)=O)C(=O)Nc1ccc(COC(=O)Oc2ccc([N+](=O)[O-])cc2)cc1.CCC. The molecule has 5 N–H and O–H groups in total. The zero-order valence-corrected chi connectivity index (χ0v) is 33.6. The number of nitro groups is 1. The number of fused-ring (bicyclic) bond motifs is 3. The number of hydrogen-bond donors (Lipinski definition) is 4. The highest BCUT2D eigenvalue weighted by atomic mass is 16.7. The second-order valence-electron chi connectivity index (χ2n) is 14.3. The number of alkyl carbamates (subject to hydrolysis) is 1. The van der Waals surface area contributed by atoms with E-state index in [1.54, 1.807) is 38.1 Å². The van der Waals surface area contributed by atoms with Crippen LogP contribution in [-0.4, -0.2) is 54.1 Å². The topological polar surface area (TPSA) is 218 Å². The third-order valence-corrected chi connectivity index (χ3v) is 9.30. The molecule has 0 bridgehead atoms. The van der Waals surface area contributed by atoms with Crippen molar-refractivity contribution in [2.45, 2.75) is 71.9 Å². The predicted octanol–water partition coefficient (Wildman–Crippen LogP) is 8.25. The molecule has 312 valence electrons. The molecular weight excluding hydrogens is 759 g/mol. The lowest BCUT2D eigenvalue weighted by atomic mass is 9.89. The molecule has 0 aromatic heterocycles. The van der Waals surface area contributed by atoms with Crippen molar-refractivity contribution >= 4 is 41.3 Å². The normalized spacial score (nSPS) is 12.4. The number of anilines is 1. The van der Waals surface area contributed by atoms with Gasteiger partial charge in [0, 0.05) is 42.6 Å². The van der Waals surface area contributed by atoms with E-state index in [-0.39, 0.29) is 61.7 Å². The molecule has 15 nitrogen and oxygen atoms in total. The summed E-state index contributed by atoms with van der Waals surface area (Å²) in [6, 6.07) is 25.7. The molecule has 4 aromatic rings. The first kappa shape index (κ1) is 44.9. The van der Waals surface area contributed by atoms with Crippen LogP contribution in [0.3, 0.4) is 0 Å². The Kier molecular flexibility index (Phi) is 16.9. The number of nitrogens with one attached hydrogen (secondary N) is 3. The Labute approximate surface area is 343 Å². The smallest absolute Gasteiger partial charge is 0.449 e. The van der Waals surface area contributed by atoms with Gasteiger partial charge in [0.05, 0.1) is 11.0 Å². The van der Waals surface area contributed by atoms with Crippen molar-refractivity contribution < 1.29 is 43.1 Å². The summed E-state index contributed by atoms with van der Waals surface area (Å²) in [4.78, 5) is 74.0. The molecule has 0 saturated carbocycles. The van der Waals surface area contributed by atoms with Gasteiger partial charge in [-0.15, -0.1) is 0 Å². The fourth-order valence-electron chi connectivity index (χ4n) is 6.47. The van der Waals surface area contributed by atoms with Gasteiger partial charge in [0.2, 0.25) is 5.91 Å². The number of hydrogen-bond acceptors (Lipinski definition) is 10. The van der Waals surface area contributed by atoms with Gasteiger partial charge >= 0.3 is 18.3 Å². The fourth-order valence-corrected chi connectivity index (χ4v) is 6.47. The highest BCUT2D eigenvalue weighted by Crippen LogP contribution is 2.44. The molecule has 15 heteroatoms. The summed E-state index contributed by atoms with van der Waals surface area (Å²) in [5, 5.41) is 18.8. The minimum absolute atomic E-state index is 0.0739. The Bertz CT molecular complexity index is 2030. The maximum absolute atomic E-state index is 13.7. The van der Waals surface area contributed by atoms with Crippen molar-refractivity contribution in [1.82, 2.24) is 10.6 Å². The summed E-state index contributed by atoms with van der Waals surface area (Å²) < 4.78 is 15.9. The number of urea groups is 1. The van der Waals surface area contributed by atoms with Crippen LogP contribution in [0.4, 0.5) is 25.8 Å². The molecule has 5 rings (SSSR count). The number of nitro benzene ring substituents is 1. The fraction of sp³-hybridized carbons (Fsp3) is 0.341. The van der Waals surface area contributed by atoms with Crippen LogP contribution >= 0.6 is 0 Å². The second kappa shape index (κ2) is 22.2. The first-order valence-corrected chi connectivity index (χ1v) is 19.5. The van der Waals surface area contributed by atoms with Crippen LogP contribution in [0.25, 0.3) is 11.1 Å². The number of non-ortho nitro benzene ring substituents is 1. The Balaban J connectivity index is 0.00000248. The van der Waals surface area contributed by atoms with E-state index in [0.717, 1.165) is 22.3 Å². The van der Waals surface area contributed by atoms with Gasteiger partial charge in [0.15, 0.2) is 5.78 Å². The molecule has 0 aliphatic heterocycles. The molecule has 0 heterocycles. The standard InChI is InChI=1S/C41H43N5O10.C3H8/c1-25(2)37(45-40(50)54-24-35-33-11-5-3-9-31(33)32-10-4-6-12-34(32)35)36(47)22-27(8-7-21-43-39(42)49)38(48)44-28-15-13-26(14-16-28)23-55-41(51)56-30-19-17-29(18-20-30)46(52)53;1-3-2/h3-6,9-20,25,27,35,37H,7-8,21-24H2,1-2H3,(H,44,48)(H,45,50)(H3,42,43,49);3H2,1-2H3/t27-,37+;/m1./s1. The summed E-state index contributed by atoms with van der Waals surface area (Å²) in [5.74, 6) is -2.02. The van der Waals surface area contributed by atoms with E-state index < -0.39 is 41.1 Å². The van der Waals surface area contributed by atoms with Crippen LogP contribution in [0.2, 0.25) is 0 Å². The number of nitrogens with zero attached hydrogens (tertiary/aromatic N) is 1. The van der Waals surface area contributed by atoms with Crippen molar-refractivity contribution in [2.24, 2.45) is 17.6 Å². The largest absolute Gasteiger partial charge is 0.514 e. The third-order valence-electron chi connectivity index (χ3n) is 9.30. The quantitative estimate of drug-likeness (QED) is 0.0263. The highest BCUT2D eigenvalue weighted by Gasteiger charge is 2.32. The maximum atomic E-state index is 13.7. The monoisotopic (exact) mass is 809 g/mol. The number of ether oxygens (including phenoxy) is 3. The first-order valence-electron chi connectivity index (χ1n) is 19.5. The molecule has 0 unspecified atom stereocenters. The summed E-state index contributed by atoms with van der Waals surface area (Å²) in [6.07, 6.45) is -0.113. The number of ketones is 1. The molecule has 0 radical (unpaired) electrons. The van der Waals surface area contributed by atoms with Gasteiger partial charge in [0.1, 0.15) is 19.0 Å². The summed E-state index contributed by atoms with van der Waals surface area (Å²) in [5.41, 5.74) is 10.3. The van der Waals surface area contributed by atoms with Crippen LogP contribution < -0.4 is 26.4 Å². The van der Waals surface area contributed by atoms with Gasteiger partial charge < -0.3 is 35.9 Å². The molecule has 1 aliphatic rings. The molecule has 2 atom stereocenters. The van der Waals surface area contributed by atoms with Crippen molar-refractivity contribution in [3.63, 3.8) is 0 Å². The summed E-state index contributed by atoms with van der Waals surface area (Å²) >= 11 is 0.